The molecule has 5 amide bonds. The number of aromatic amines is 1. The van der Waals surface area contributed by atoms with Crippen molar-refractivity contribution in [1.82, 2.24) is 35.7 Å². The van der Waals surface area contributed by atoms with Crippen molar-refractivity contribution in [3.63, 3.8) is 0 Å². The highest BCUT2D eigenvalue weighted by Gasteiger charge is 2.54. The van der Waals surface area contributed by atoms with Crippen LogP contribution in [0.1, 0.15) is 11.6 Å². The summed E-state index contributed by atoms with van der Waals surface area (Å²) in [5, 5.41) is 40.0. The van der Waals surface area contributed by atoms with Gasteiger partial charge in [-0.25, -0.2) is 14.6 Å². The number of carboxylic acid groups (broad SMARTS) is 1. The lowest BCUT2D eigenvalue weighted by atomic mass is 10.0. The zero-order valence-corrected chi connectivity index (χ0v) is 30.7. The molecule has 2 aliphatic rings. The van der Waals surface area contributed by atoms with E-state index in [1.807, 2.05) is 31.1 Å². The molecule has 0 aliphatic carbocycles. The number of nitrogens with one attached hydrogen (secondary N) is 6. The molecule has 4 aromatic rings. The number of aromatic hydroxyl groups is 1. The molecule has 280 valence electrons. The number of urea groups is 1. The fourth-order valence-electron chi connectivity index (χ4n) is 5.34. The number of nitrogens with zero attached hydrogens (tertiary/aromatic N) is 5. The molecule has 0 bridgehead atoms. The molecule has 1 saturated heterocycles. The summed E-state index contributed by atoms with van der Waals surface area (Å²) in [4.78, 5) is 85.8. The maximum absolute atomic E-state index is 13.7. The summed E-state index contributed by atoms with van der Waals surface area (Å²) in [6.07, 6.45) is 1.61. The normalized spacial score (nSPS) is 16.7. The highest BCUT2D eigenvalue weighted by Crippen LogP contribution is 2.42. The van der Waals surface area contributed by atoms with Crippen LogP contribution in [0.3, 0.4) is 0 Å². The Balaban J connectivity index is 1.12. The standard InChI is InChI=1S/C32H31N11O8S3/c1-42(2)18-7-5-17(6-8-18)35-29-33-11-20(24(46)39-29)36-30(51)38-21(15-3-9-19(45)10-4-15)25(47)37-22-26(48)43-23(28(49)50)16(12-52-27(22)43)13-53-32-41-40-31(54-32)34-14-44/h3-11,14,21-22,27,45H,12-13H2,1-2H3,(H,37,47)(H,49,50)(H,34,40,44)(H2,36,38,51)(H2,33,35,39,46)/t21-,22?,27-/m1/s1. The molecule has 0 spiro atoms. The van der Waals surface area contributed by atoms with E-state index in [2.05, 4.69) is 46.7 Å². The number of rotatable bonds is 14. The van der Waals surface area contributed by atoms with E-state index in [0.29, 0.717) is 22.0 Å². The van der Waals surface area contributed by atoms with Crippen LogP contribution in [0.25, 0.3) is 0 Å². The Hall–Kier alpha value is -6.13. The summed E-state index contributed by atoms with van der Waals surface area (Å²) < 4.78 is 0.484. The summed E-state index contributed by atoms with van der Waals surface area (Å²) in [5.41, 5.74) is 1.22. The highest BCUT2D eigenvalue weighted by atomic mass is 32.2. The first-order valence-electron chi connectivity index (χ1n) is 15.8. The third kappa shape index (κ3) is 8.40. The molecular formula is C32H31N11O8S3. The van der Waals surface area contributed by atoms with E-state index >= 15 is 0 Å². The molecule has 54 heavy (non-hydrogen) atoms. The van der Waals surface area contributed by atoms with Crippen LogP contribution in [0.5, 0.6) is 5.75 Å². The van der Waals surface area contributed by atoms with E-state index in [4.69, 9.17) is 0 Å². The Morgan fingerprint density at radius 1 is 1.11 bits per heavy atom. The van der Waals surface area contributed by atoms with Gasteiger partial charge in [0.1, 0.15) is 34.6 Å². The first-order valence-corrected chi connectivity index (χ1v) is 18.6. The van der Waals surface area contributed by atoms with Crippen molar-refractivity contribution in [2.45, 2.75) is 21.8 Å². The van der Waals surface area contributed by atoms with Gasteiger partial charge in [0, 0.05) is 37.0 Å². The third-order valence-corrected chi connectivity index (χ3v) is 11.4. The van der Waals surface area contributed by atoms with Gasteiger partial charge < -0.3 is 41.7 Å². The summed E-state index contributed by atoms with van der Waals surface area (Å²) >= 11 is 3.56. The summed E-state index contributed by atoms with van der Waals surface area (Å²) in [5.74, 6) is -2.35. The summed E-state index contributed by atoms with van der Waals surface area (Å²) in [7, 11) is 3.82. The number of phenols is 1. The van der Waals surface area contributed by atoms with Crippen LogP contribution in [0.15, 0.2) is 75.1 Å². The number of hydrogen-bond donors (Lipinski definition) is 8. The Morgan fingerprint density at radius 3 is 2.52 bits per heavy atom. The molecule has 8 N–H and O–H groups in total. The number of benzene rings is 2. The lowest BCUT2D eigenvalue weighted by molar-refractivity contribution is -0.150. The molecule has 1 fully saturated rings. The number of hydrogen-bond acceptors (Lipinski definition) is 15. The second-order valence-electron chi connectivity index (χ2n) is 11.7. The summed E-state index contributed by atoms with van der Waals surface area (Å²) in [6, 6.07) is 9.29. The molecule has 2 aliphatic heterocycles. The molecule has 6 rings (SSSR count). The summed E-state index contributed by atoms with van der Waals surface area (Å²) in [6.45, 7) is 0. The third-order valence-electron chi connectivity index (χ3n) is 7.96. The number of carbonyl (C=O) groups excluding carboxylic acids is 4. The topological polar surface area (TPSA) is 264 Å². The average Bonchev–Trinajstić information content (AvgIpc) is 3.60. The van der Waals surface area contributed by atoms with Crippen molar-refractivity contribution in [1.29, 1.82) is 0 Å². The Kier molecular flexibility index (Phi) is 11.3. The van der Waals surface area contributed by atoms with E-state index in [1.54, 1.807) is 12.1 Å². The van der Waals surface area contributed by atoms with E-state index in [9.17, 15) is 39.0 Å². The predicted octanol–water partition coefficient (Wildman–Crippen LogP) is 2.10. The van der Waals surface area contributed by atoms with Gasteiger partial charge >= 0.3 is 12.0 Å². The number of aromatic nitrogens is 4. The fourth-order valence-corrected chi connectivity index (χ4v) is 8.54. The van der Waals surface area contributed by atoms with Crippen LogP contribution in [0.2, 0.25) is 0 Å². The van der Waals surface area contributed by atoms with Crippen LogP contribution < -0.4 is 37.0 Å². The van der Waals surface area contributed by atoms with E-state index in [0.717, 1.165) is 28.1 Å². The largest absolute Gasteiger partial charge is 0.508 e. The lowest BCUT2D eigenvalue weighted by Gasteiger charge is -2.49. The highest BCUT2D eigenvalue weighted by molar-refractivity contribution is 8.02. The molecule has 0 saturated carbocycles. The van der Waals surface area contributed by atoms with Crippen molar-refractivity contribution in [2.75, 3.05) is 46.5 Å². The number of β-lactam (4-membered cyclic amide) rings is 1. The van der Waals surface area contributed by atoms with Gasteiger partial charge in [-0.1, -0.05) is 35.2 Å². The van der Waals surface area contributed by atoms with Crippen LogP contribution in [0, 0.1) is 0 Å². The van der Waals surface area contributed by atoms with E-state index < -0.39 is 46.8 Å². The zero-order chi connectivity index (χ0) is 38.5. The average molecular weight is 794 g/mol. The number of phenolic OH excluding ortho intramolecular Hbond substituents is 1. The molecule has 19 nitrogen and oxygen atoms in total. The minimum Gasteiger partial charge on any atom is -0.508 e. The van der Waals surface area contributed by atoms with Gasteiger partial charge in [0.2, 0.25) is 23.4 Å². The van der Waals surface area contributed by atoms with Gasteiger partial charge in [0.15, 0.2) is 4.34 Å². The maximum Gasteiger partial charge on any atom is 0.352 e. The van der Waals surface area contributed by atoms with Crippen molar-refractivity contribution >= 4 is 93.2 Å². The van der Waals surface area contributed by atoms with Crippen molar-refractivity contribution in [3.8, 4) is 5.75 Å². The maximum atomic E-state index is 13.7. The lowest BCUT2D eigenvalue weighted by Crippen LogP contribution is -2.71. The van der Waals surface area contributed by atoms with Gasteiger partial charge in [-0.05, 0) is 47.5 Å². The second kappa shape index (κ2) is 16.3. The molecule has 3 atom stereocenters. The van der Waals surface area contributed by atoms with Crippen LogP contribution in [0.4, 0.5) is 32.9 Å². The van der Waals surface area contributed by atoms with Gasteiger partial charge in [0.25, 0.3) is 11.5 Å². The number of thioether (sulfide) groups is 2. The van der Waals surface area contributed by atoms with Gasteiger partial charge in [-0.3, -0.25) is 29.1 Å². The number of H-pyrrole nitrogens is 1. The minimum absolute atomic E-state index is 0.100. The molecule has 1 unspecified atom stereocenters. The Labute approximate surface area is 318 Å². The van der Waals surface area contributed by atoms with E-state index in [-0.39, 0.29) is 45.3 Å². The first kappa shape index (κ1) is 37.6. The molecular weight excluding hydrogens is 763 g/mol. The van der Waals surface area contributed by atoms with Gasteiger partial charge in [-0.2, -0.15) is 0 Å². The van der Waals surface area contributed by atoms with Gasteiger partial charge in [0.05, 0.1) is 6.20 Å². The smallest absolute Gasteiger partial charge is 0.352 e. The number of carbonyl (C=O) groups is 5. The zero-order valence-electron chi connectivity index (χ0n) is 28.2. The molecule has 0 radical (unpaired) electrons. The number of anilines is 5. The Morgan fingerprint density at radius 2 is 1.85 bits per heavy atom. The molecule has 2 aromatic heterocycles. The van der Waals surface area contributed by atoms with E-state index in [1.165, 1.54) is 47.8 Å². The van der Waals surface area contributed by atoms with Gasteiger partial charge in [-0.15, -0.1) is 22.0 Å². The molecule has 4 heterocycles. The quantitative estimate of drug-likeness (QED) is 0.0393. The van der Waals surface area contributed by atoms with Crippen LogP contribution in [-0.2, 0) is 19.2 Å². The second-order valence-corrected chi connectivity index (χ2v) is 15.0. The van der Waals surface area contributed by atoms with Crippen molar-refractivity contribution < 1.29 is 34.2 Å². The Bertz CT molecular complexity index is 2180. The predicted molar refractivity (Wildman–Crippen MR) is 202 cm³/mol. The number of carboxylic acids is 1. The van der Waals surface area contributed by atoms with Crippen LogP contribution in [-0.4, -0.2) is 103 Å². The number of amides is 5. The van der Waals surface area contributed by atoms with Crippen LogP contribution >= 0.6 is 34.9 Å². The van der Waals surface area contributed by atoms with Crippen molar-refractivity contribution in [3.05, 3.63) is 81.9 Å². The minimum atomic E-state index is -1.41. The monoisotopic (exact) mass is 793 g/mol. The fraction of sp³-hybridized carbons (Fsp3) is 0.219. The molecule has 2 aromatic carbocycles. The first-order chi connectivity index (χ1) is 25.9. The SMILES string of the molecule is CN(C)c1ccc(Nc2ncc(NC(=O)N[C@@H](C(=O)NC3C(=O)N4C(C(=O)O)=C(CSc5nnc(NC=O)s5)CS[C@H]34)c3ccc(O)cc3)c(=O)[nH]2)cc1. The van der Waals surface area contributed by atoms with Crippen molar-refractivity contribution in [2.24, 2.45) is 0 Å². The molecule has 22 heteroatoms. The number of aliphatic carboxylic acids is 1. The number of fused-ring (bicyclic) bond motifs is 1.